The number of Topliss-reactive ketones (excluding diaryl/α,β-unsaturated/α-hetero) is 1. The van der Waals surface area contributed by atoms with Gasteiger partial charge in [0.05, 0.1) is 6.04 Å². The predicted octanol–water partition coefficient (Wildman–Crippen LogP) is 1.28. The molecule has 0 spiro atoms. The quantitative estimate of drug-likeness (QED) is 0.768. The number of ether oxygens (including phenoxy) is 2. The Hall–Kier alpha value is -1.59. The van der Waals surface area contributed by atoms with Gasteiger partial charge in [-0.15, -0.1) is 0 Å². The van der Waals surface area contributed by atoms with Crippen LogP contribution >= 0.6 is 0 Å². The molecule has 3 rings (SSSR count). The molecule has 0 bridgehead atoms. The third-order valence-electron chi connectivity index (χ3n) is 4.20. The Labute approximate surface area is 125 Å². The Bertz CT molecular complexity index is 532. The molecular formula is C16H22N2O3. The van der Waals surface area contributed by atoms with E-state index in [0.717, 1.165) is 31.8 Å². The van der Waals surface area contributed by atoms with Crippen LogP contribution in [0.3, 0.4) is 0 Å². The second-order valence-electron chi connectivity index (χ2n) is 5.83. The molecule has 5 heteroatoms. The molecule has 0 radical (unpaired) electrons. The zero-order chi connectivity index (χ0) is 14.8. The number of ketones is 1. The third-order valence-corrected chi connectivity index (χ3v) is 4.20. The number of hydrogen-bond acceptors (Lipinski definition) is 5. The van der Waals surface area contributed by atoms with Crippen molar-refractivity contribution in [3.05, 3.63) is 23.8 Å². The lowest BCUT2D eigenvalue weighted by molar-refractivity contribution is 0.0838. The lowest BCUT2D eigenvalue weighted by atomic mass is 10.0. The van der Waals surface area contributed by atoms with Crippen LogP contribution in [0.1, 0.15) is 16.8 Å². The summed E-state index contributed by atoms with van der Waals surface area (Å²) in [4.78, 5) is 17.2. The number of carbonyl (C=O) groups is 1. The first-order chi connectivity index (χ1) is 10.1. The molecule has 1 atom stereocenters. The van der Waals surface area contributed by atoms with Gasteiger partial charge in [-0.3, -0.25) is 9.69 Å². The normalized spacial score (nSPS) is 23.6. The van der Waals surface area contributed by atoms with E-state index in [9.17, 15) is 4.79 Å². The minimum absolute atomic E-state index is 0.0972. The van der Waals surface area contributed by atoms with Gasteiger partial charge in [0, 0.05) is 12.1 Å². The summed E-state index contributed by atoms with van der Waals surface area (Å²) in [6.45, 7) is 3.86. The Morgan fingerprint density at radius 3 is 2.71 bits per heavy atom. The van der Waals surface area contributed by atoms with Crippen LogP contribution in [0.5, 0.6) is 11.5 Å². The highest BCUT2D eigenvalue weighted by Crippen LogP contribution is 2.31. The van der Waals surface area contributed by atoms with Crippen LogP contribution in [-0.2, 0) is 0 Å². The smallest absolute Gasteiger partial charge is 0.181 e. The Morgan fingerprint density at radius 1 is 1.14 bits per heavy atom. The van der Waals surface area contributed by atoms with Gasteiger partial charge in [0.2, 0.25) is 0 Å². The van der Waals surface area contributed by atoms with E-state index in [1.165, 1.54) is 0 Å². The van der Waals surface area contributed by atoms with E-state index in [2.05, 4.69) is 16.8 Å². The van der Waals surface area contributed by atoms with Crippen molar-refractivity contribution in [1.82, 2.24) is 9.80 Å². The lowest BCUT2D eigenvalue weighted by Gasteiger charge is -2.26. The van der Waals surface area contributed by atoms with E-state index in [1.54, 1.807) is 0 Å². The molecule has 21 heavy (non-hydrogen) atoms. The zero-order valence-corrected chi connectivity index (χ0v) is 12.7. The van der Waals surface area contributed by atoms with Gasteiger partial charge >= 0.3 is 0 Å². The molecule has 0 aliphatic carbocycles. The van der Waals surface area contributed by atoms with Crippen molar-refractivity contribution in [3.63, 3.8) is 0 Å². The van der Waals surface area contributed by atoms with E-state index >= 15 is 0 Å². The number of fused-ring (bicyclic) bond motifs is 1. The first-order valence-electron chi connectivity index (χ1n) is 7.48. The van der Waals surface area contributed by atoms with Gasteiger partial charge in [-0.1, -0.05) is 0 Å². The van der Waals surface area contributed by atoms with Gasteiger partial charge in [0.15, 0.2) is 17.3 Å². The topological polar surface area (TPSA) is 42.0 Å². The number of likely N-dealkylation sites (N-methyl/N-ethyl adjacent to an activating group) is 2. The molecule has 0 saturated carbocycles. The highest BCUT2D eigenvalue weighted by molar-refractivity contribution is 6.00. The van der Waals surface area contributed by atoms with Gasteiger partial charge in [-0.05, 0) is 51.8 Å². The van der Waals surface area contributed by atoms with Crippen molar-refractivity contribution >= 4 is 5.78 Å². The summed E-state index contributed by atoms with van der Waals surface area (Å²) >= 11 is 0. The van der Waals surface area contributed by atoms with Crippen LogP contribution in [0, 0.1) is 0 Å². The fourth-order valence-electron chi connectivity index (χ4n) is 2.94. The van der Waals surface area contributed by atoms with Crippen LogP contribution in [0.2, 0.25) is 0 Å². The number of hydrogen-bond donors (Lipinski definition) is 0. The summed E-state index contributed by atoms with van der Waals surface area (Å²) < 4.78 is 11.1. The first kappa shape index (κ1) is 14.4. The van der Waals surface area contributed by atoms with Gasteiger partial charge in [0.1, 0.15) is 13.2 Å². The Kier molecular flexibility index (Phi) is 4.12. The van der Waals surface area contributed by atoms with Crippen molar-refractivity contribution in [1.29, 1.82) is 0 Å². The summed E-state index contributed by atoms with van der Waals surface area (Å²) in [7, 11) is 4.10. The highest BCUT2D eigenvalue weighted by Gasteiger charge is 2.28. The number of carbonyl (C=O) groups excluding carboxylic acids is 1. The number of rotatable bonds is 2. The molecule has 1 aromatic carbocycles. The maximum atomic E-state index is 12.8. The molecule has 2 aliphatic heterocycles. The molecule has 5 nitrogen and oxygen atoms in total. The van der Waals surface area contributed by atoms with E-state index in [-0.39, 0.29) is 11.8 Å². The fourth-order valence-corrected chi connectivity index (χ4v) is 2.94. The van der Waals surface area contributed by atoms with E-state index in [4.69, 9.17) is 9.47 Å². The van der Waals surface area contributed by atoms with Crippen LogP contribution < -0.4 is 9.47 Å². The van der Waals surface area contributed by atoms with Crippen molar-refractivity contribution in [2.24, 2.45) is 0 Å². The van der Waals surface area contributed by atoms with Crippen molar-refractivity contribution < 1.29 is 14.3 Å². The standard InChI is InChI=1S/C16H22N2O3/c1-17-6-3-7-18(2)13(11-17)16(19)12-4-5-14-15(10-12)21-9-8-20-14/h4-5,10,13H,3,6-9,11H2,1-2H3. The molecule has 2 heterocycles. The van der Waals surface area contributed by atoms with Crippen molar-refractivity contribution in [2.75, 3.05) is 46.9 Å². The molecule has 1 fully saturated rings. The average molecular weight is 290 g/mol. The molecule has 1 unspecified atom stereocenters. The first-order valence-corrected chi connectivity index (χ1v) is 7.48. The van der Waals surface area contributed by atoms with Crippen LogP contribution in [-0.4, -0.2) is 68.6 Å². The summed E-state index contributed by atoms with van der Waals surface area (Å²) in [5, 5.41) is 0. The van der Waals surface area contributed by atoms with E-state index < -0.39 is 0 Å². The van der Waals surface area contributed by atoms with Gasteiger partial charge in [0.25, 0.3) is 0 Å². The minimum Gasteiger partial charge on any atom is -0.486 e. The summed E-state index contributed by atoms with van der Waals surface area (Å²) in [5.74, 6) is 1.56. The molecule has 0 N–H and O–H groups in total. The molecule has 0 aromatic heterocycles. The lowest BCUT2D eigenvalue weighted by Crippen LogP contribution is -2.43. The maximum absolute atomic E-state index is 12.8. The van der Waals surface area contributed by atoms with Crippen molar-refractivity contribution in [2.45, 2.75) is 12.5 Å². The maximum Gasteiger partial charge on any atom is 0.181 e. The van der Waals surface area contributed by atoms with Crippen LogP contribution in [0.15, 0.2) is 18.2 Å². The molecule has 1 saturated heterocycles. The average Bonchev–Trinajstić information content (AvgIpc) is 2.67. The summed E-state index contributed by atoms with van der Waals surface area (Å²) in [5.41, 5.74) is 0.700. The summed E-state index contributed by atoms with van der Waals surface area (Å²) in [6.07, 6.45) is 1.10. The van der Waals surface area contributed by atoms with Crippen LogP contribution in [0.25, 0.3) is 0 Å². The number of benzene rings is 1. The molecule has 0 amide bonds. The van der Waals surface area contributed by atoms with Crippen molar-refractivity contribution in [3.8, 4) is 11.5 Å². The molecular weight excluding hydrogens is 268 g/mol. The Balaban J connectivity index is 1.83. The second-order valence-corrected chi connectivity index (χ2v) is 5.83. The Morgan fingerprint density at radius 2 is 1.90 bits per heavy atom. The van der Waals surface area contributed by atoms with Gasteiger partial charge in [-0.25, -0.2) is 0 Å². The third kappa shape index (κ3) is 3.04. The highest BCUT2D eigenvalue weighted by atomic mass is 16.6. The fraction of sp³-hybridized carbons (Fsp3) is 0.562. The molecule has 114 valence electrons. The zero-order valence-electron chi connectivity index (χ0n) is 12.7. The SMILES string of the molecule is CN1CCCN(C)C(C(=O)c2ccc3c(c2)OCCO3)C1. The number of nitrogens with zero attached hydrogens (tertiary/aromatic N) is 2. The molecule has 2 aliphatic rings. The van der Waals surface area contributed by atoms with Gasteiger partial charge < -0.3 is 14.4 Å². The second kappa shape index (κ2) is 6.03. The van der Waals surface area contributed by atoms with E-state index in [1.807, 2.05) is 25.2 Å². The molecule has 1 aromatic rings. The monoisotopic (exact) mass is 290 g/mol. The predicted molar refractivity (Wildman–Crippen MR) is 80.3 cm³/mol. The van der Waals surface area contributed by atoms with E-state index in [0.29, 0.717) is 24.5 Å². The van der Waals surface area contributed by atoms with Gasteiger partial charge in [-0.2, -0.15) is 0 Å². The largest absolute Gasteiger partial charge is 0.486 e. The summed E-state index contributed by atoms with van der Waals surface area (Å²) in [6, 6.07) is 5.40. The van der Waals surface area contributed by atoms with Crippen LogP contribution in [0.4, 0.5) is 0 Å². The minimum atomic E-state index is -0.0972.